The van der Waals surface area contributed by atoms with Gasteiger partial charge < -0.3 is 5.73 Å². The van der Waals surface area contributed by atoms with Crippen LogP contribution in [-0.2, 0) is 0 Å². The molecule has 0 aromatic carbocycles. The van der Waals surface area contributed by atoms with Crippen LogP contribution in [0.25, 0.3) is 5.65 Å². The first-order chi connectivity index (χ1) is 6.75. The molecule has 72 valence electrons. The number of aromatic nitrogens is 3. The maximum Gasteiger partial charge on any atom is 0.163 e. The maximum atomic E-state index is 5.80. The smallest absolute Gasteiger partial charge is 0.163 e. The number of hydrogen-bond acceptors (Lipinski definition) is 3. The number of nitrogen functional groups attached to an aromatic ring is 1. The van der Waals surface area contributed by atoms with E-state index >= 15 is 0 Å². The number of pyridine rings is 1. The molecule has 14 heavy (non-hydrogen) atoms. The van der Waals surface area contributed by atoms with Crippen LogP contribution in [0.1, 0.15) is 30.1 Å². The molecular formula is C10H12N4. The molecule has 1 saturated carbocycles. The average molecular weight is 188 g/mol. The minimum atomic E-state index is 0.603. The zero-order chi connectivity index (χ0) is 9.71. The predicted molar refractivity (Wildman–Crippen MR) is 54.1 cm³/mol. The third-order valence-electron chi connectivity index (χ3n) is 2.68. The largest absolute Gasteiger partial charge is 0.398 e. The van der Waals surface area contributed by atoms with Gasteiger partial charge in [0.15, 0.2) is 5.65 Å². The normalized spacial score (nSPS) is 16.4. The molecule has 0 aliphatic heterocycles. The molecule has 2 N–H and O–H groups in total. The Morgan fingerprint density at radius 2 is 2.21 bits per heavy atom. The number of hydrogen-bond donors (Lipinski definition) is 1. The van der Waals surface area contributed by atoms with E-state index < -0.39 is 0 Å². The maximum absolute atomic E-state index is 5.80. The van der Waals surface area contributed by atoms with E-state index in [9.17, 15) is 0 Å². The summed E-state index contributed by atoms with van der Waals surface area (Å²) in [5.41, 5.74) is 8.59. The highest BCUT2D eigenvalue weighted by Gasteiger charge is 2.28. The van der Waals surface area contributed by atoms with Crippen LogP contribution < -0.4 is 5.73 Å². The fraction of sp³-hybridized carbons (Fsp3) is 0.400. The molecule has 4 nitrogen and oxygen atoms in total. The van der Waals surface area contributed by atoms with E-state index in [2.05, 4.69) is 10.2 Å². The summed E-state index contributed by atoms with van der Waals surface area (Å²) in [6.07, 6.45) is 4.37. The molecule has 2 heterocycles. The summed E-state index contributed by atoms with van der Waals surface area (Å²) < 4.78 is 2.03. The molecule has 1 aliphatic rings. The van der Waals surface area contributed by atoms with Crippen LogP contribution in [0.4, 0.5) is 5.69 Å². The SMILES string of the molecule is Cc1cc(N)cn2c(C3CC3)nnc12. The Morgan fingerprint density at radius 3 is 2.93 bits per heavy atom. The summed E-state index contributed by atoms with van der Waals surface area (Å²) >= 11 is 0. The summed E-state index contributed by atoms with van der Waals surface area (Å²) in [6, 6.07) is 1.93. The Bertz CT molecular complexity index is 496. The van der Waals surface area contributed by atoms with Gasteiger partial charge in [-0.05, 0) is 31.4 Å². The third kappa shape index (κ3) is 0.999. The molecule has 1 aliphatic carbocycles. The first-order valence-electron chi connectivity index (χ1n) is 4.86. The second-order valence-corrected chi connectivity index (χ2v) is 3.98. The molecule has 4 heteroatoms. The summed E-state index contributed by atoms with van der Waals surface area (Å²) in [7, 11) is 0. The molecule has 2 aromatic heterocycles. The van der Waals surface area contributed by atoms with Crippen LogP contribution in [0, 0.1) is 6.92 Å². The lowest BCUT2D eigenvalue weighted by atomic mass is 10.2. The van der Waals surface area contributed by atoms with Crippen LogP contribution in [0.15, 0.2) is 12.3 Å². The first-order valence-corrected chi connectivity index (χ1v) is 4.86. The van der Waals surface area contributed by atoms with E-state index in [-0.39, 0.29) is 0 Å². The highest BCUT2D eigenvalue weighted by Crippen LogP contribution is 2.39. The Labute approximate surface area is 81.8 Å². The van der Waals surface area contributed by atoms with E-state index in [4.69, 9.17) is 5.73 Å². The van der Waals surface area contributed by atoms with Crippen molar-refractivity contribution in [2.24, 2.45) is 0 Å². The van der Waals surface area contributed by atoms with Crippen LogP contribution in [0.2, 0.25) is 0 Å². The average Bonchev–Trinajstić information content (AvgIpc) is 2.87. The molecule has 0 saturated heterocycles. The van der Waals surface area contributed by atoms with Crippen LogP contribution in [-0.4, -0.2) is 14.6 Å². The van der Waals surface area contributed by atoms with Crippen molar-refractivity contribution in [3.05, 3.63) is 23.7 Å². The quantitative estimate of drug-likeness (QED) is 0.737. The van der Waals surface area contributed by atoms with E-state index in [1.165, 1.54) is 12.8 Å². The van der Waals surface area contributed by atoms with Gasteiger partial charge >= 0.3 is 0 Å². The topological polar surface area (TPSA) is 56.2 Å². The molecule has 0 bridgehead atoms. The van der Waals surface area contributed by atoms with Crippen molar-refractivity contribution in [3.8, 4) is 0 Å². The Morgan fingerprint density at radius 1 is 1.43 bits per heavy atom. The zero-order valence-corrected chi connectivity index (χ0v) is 8.07. The standard InChI is InChI=1S/C10H12N4/c1-6-4-8(11)5-14-9(6)12-13-10(14)7-2-3-7/h4-5,7H,2-3,11H2,1H3. The van der Waals surface area contributed by atoms with Gasteiger partial charge in [0, 0.05) is 17.8 Å². The monoisotopic (exact) mass is 188 g/mol. The van der Waals surface area contributed by atoms with Gasteiger partial charge in [0.2, 0.25) is 0 Å². The Kier molecular flexibility index (Phi) is 1.37. The van der Waals surface area contributed by atoms with Gasteiger partial charge in [0.05, 0.1) is 0 Å². The lowest BCUT2D eigenvalue weighted by Crippen LogP contribution is -1.96. The van der Waals surface area contributed by atoms with Crippen molar-refractivity contribution in [2.45, 2.75) is 25.7 Å². The first kappa shape index (κ1) is 7.79. The number of anilines is 1. The highest BCUT2D eigenvalue weighted by atomic mass is 15.3. The van der Waals surface area contributed by atoms with Gasteiger partial charge in [-0.15, -0.1) is 10.2 Å². The van der Waals surface area contributed by atoms with Crippen LogP contribution >= 0.6 is 0 Å². The van der Waals surface area contributed by atoms with E-state index in [1.807, 2.05) is 23.6 Å². The van der Waals surface area contributed by atoms with Gasteiger partial charge in [-0.1, -0.05) is 0 Å². The molecule has 0 unspecified atom stereocenters. The summed E-state index contributed by atoms with van der Waals surface area (Å²) in [5.74, 6) is 1.67. The lowest BCUT2D eigenvalue weighted by Gasteiger charge is -2.01. The van der Waals surface area contributed by atoms with E-state index in [0.29, 0.717) is 5.92 Å². The number of fused-ring (bicyclic) bond motifs is 1. The number of rotatable bonds is 1. The molecule has 0 amide bonds. The van der Waals surface area contributed by atoms with Crippen molar-refractivity contribution in [3.63, 3.8) is 0 Å². The minimum absolute atomic E-state index is 0.603. The molecular weight excluding hydrogens is 176 g/mol. The second-order valence-electron chi connectivity index (χ2n) is 3.98. The lowest BCUT2D eigenvalue weighted by molar-refractivity contribution is 0.898. The molecule has 3 rings (SSSR count). The minimum Gasteiger partial charge on any atom is -0.398 e. The predicted octanol–water partition coefficient (Wildman–Crippen LogP) is 1.50. The molecule has 1 fully saturated rings. The van der Waals surface area contributed by atoms with E-state index in [1.54, 1.807) is 0 Å². The summed E-state index contributed by atoms with van der Waals surface area (Å²) in [4.78, 5) is 0. The Hall–Kier alpha value is -1.58. The summed E-state index contributed by atoms with van der Waals surface area (Å²) in [6.45, 7) is 2.01. The second kappa shape index (κ2) is 2.47. The number of aryl methyl sites for hydroxylation is 1. The van der Waals surface area contributed by atoms with Crippen molar-refractivity contribution in [1.29, 1.82) is 0 Å². The van der Waals surface area contributed by atoms with Gasteiger partial charge in [-0.2, -0.15) is 0 Å². The third-order valence-corrected chi connectivity index (χ3v) is 2.68. The van der Waals surface area contributed by atoms with Crippen molar-refractivity contribution >= 4 is 11.3 Å². The molecule has 0 atom stereocenters. The highest BCUT2D eigenvalue weighted by molar-refractivity contribution is 5.54. The van der Waals surface area contributed by atoms with Crippen molar-refractivity contribution in [1.82, 2.24) is 14.6 Å². The van der Waals surface area contributed by atoms with Crippen molar-refractivity contribution in [2.75, 3.05) is 5.73 Å². The van der Waals surface area contributed by atoms with Gasteiger partial charge in [-0.25, -0.2) is 0 Å². The Balaban J connectivity index is 2.33. The molecule has 0 radical (unpaired) electrons. The van der Waals surface area contributed by atoms with Gasteiger partial charge in [0.25, 0.3) is 0 Å². The molecule has 0 spiro atoms. The van der Waals surface area contributed by atoms with Gasteiger partial charge in [-0.3, -0.25) is 4.40 Å². The fourth-order valence-electron chi connectivity index (χ4n) is 1.82. The van der Waals surface area contributed by atoms with E-state index in [0.717, 1.165) is 22.7 Å². The number of nitrogens with zero attached hydrogens (tertiary/aromatic N) is 3. The number of nitrogens with two attached hydrogens (primary N) is 1. The summed E-state index contributed by atoms with van der Waals surface area (Å²) in [5, 5.41) is 8.39. The molecule has 2 aromatic rings. The van der Waals surface area contributed by atoms with Gasteiger partial charge in [0.1, 0.15) is 5.82 Å². The van der Waals surface area contributed by atoms with Crippen LogP contribution in [0.3, 0.4) is 0 Å². The van der Waals surface area contributed by atoms with Crippen LogP contribution in [0.5, 0.6) is 0 Å². The fourth-order valence-corrected chi connectivity index (χ4v) is 1.82. The van der Waals surface area contributed by atoms with Crippen molar-refractivity contribution < 1.29 is 0 Å². The zero-order valence-electron chi connectivity index (χ0n) is 8.07.